The summed E-state index contributed by atoms with van der Waals surface area (Å²) in [6.45, 7) is 2.52. The van der Waals surface area contributed by atoms with E-state index in [2.05, 4.69) is 15.6 Å². The van der Waals surface area contributed by atoms with E-state index in [0.29, 0.717) is 13.2 Å². The first-order valence-corrected chi connectivity index (χ1v) is 4.69. The molecule has 1 aromatic rings. The molecule has 6 heteroatoms. The number of ether oxygens (including phenoxy) is 1. The van der Waals surface area contributed by atoms with Crippen molar-refractivity contribution in [1.29, 1.82) is 0 Å². The van der Waals surface area contributed by atoms with E-state index in [1.807, 2.05) is 6.20 Å². The van der Waals surface area contributed by atoms with Gasteiger partial charge in [-0.15, -0.1) is 5.10 Å². The maximum absolute atomic E-state index is 9.42. The summed E-state index contributed by atoms with van der Waals surface area (Å²) in [5.74, 6) is 0. The van der Waals surface area contributed by atoms with Crippen molar-refractivity contribution in [2.75, 3.05) is 19.8 Å². The van der Waals surface area contributed by atoms with Crippen LogP contribution >= 0.6 is 0 Å². The van der Waals surface area contributed by atoms with E-state index >= 15 is 0 Å². The molecule has 6 nitrogen and oxygen atoms in total. The van der Waals surface area contributed by atoms with E-state index in [1.165, 1.54) is 0 Å². The normalized spacial score (nSPS) is 26.9. The van der Waals surface area contributed by atoms with Crippen LogP contribution in [0.3, 0.4) is 0 Å². The fourth-order valence-corrected chi connectivity index (χ4v) is 1.45. The molecule has 1 fully saturated rings. The average molecular weight is 198 g/mol. The van der Waals surface area contributed by atoms with E-state index in [1.54, 1.807) is 10.9 Å². The number of aromatic nitrogens is 3. The molecule has 2 atom stereocenters. The van der Waals surface area contributed by atoms with Gasteiger partial charge in [-0.3, -0.25) is 4.68 Å². The standard InChI is InChI=1S/C8H14N4O2/c13-8-6-14-5-7(8)9-1-3-12-4-2-10-11-12/h2,4,7-9,13H,1,3,5-6H2. The zero-order chi connectivity index (χ0) is 9.80. The van der Waals surface area contributed by atoms with Gasteiger partial charge < -0.3 is 15.2 Å². The molecule has 14 heavy (non-hydrogen) atoms. The van der Waals surface area contributed by atoms with Gasteiger partial charge in [-0.05, 0) is 0 Å². The lowest BCUT2D eigenvalue weighted by Gasteiger charge is -2.13. The lowest BCUT2D eigenvalue weighted by Crippen LogP contribution is -2.40. The van der Waals surface area contributed by atoms with Gasteiger partial charge in [0.15, 0.2) is 0 Å². The summed E-state index contributed by atoms with van der Waals surface area (Å²) in [5, 5.41) is 20.2. The second-order valence-corrected chi connectivity index (χ2v) is 3.33. The fraction of sp³-hybridized carbons (Fsp3) is 0.750. The Morgan fingerprint density at radius 2 is 2.50 bits per heavy atom. The van der Waals surface area contributed by atoms with Crippen LogP contribution < -0.4 is 5.32 Å². The van der Waals surface area contributed by atoms with E-state index < -0.39 is 0 Å². The van der Waals surface area contributed by atoms with Crippen LogP contribution in [0.1, 0.15) is 0 Å². The summed E-state index contributed by atoms with van der Waals surface area (Å²) in [7, 11) is 0. The summed E-state index contributed by atoms with van der Waals surface area (Å²) in [4.78, 5) is 0. The predicted octanol–water partition coefficient (Wildman–Crippen LogP) is -1.37. The Morgan fingerprint density at radius 3 is 3.14 bits per heavy atom. The van der Waals surface area contributed by atoms with Crippen LogP contribution in [-0.4, -0.2) is 52.0 Å². The summed E-state index contributed by atoms with van der Waals surface area (Å²) < 4.78 is 6.86. The number of hydrogen-bond acceptors (Lipinski definition) is 5. The van der Waals surface area contributed by atoms with Crippen LogP contribution in [-0.2, 0) is 11.3 Å². The molecule has 2 unspecified atom stereocenters. The zero-order valence-electron chi connectivity index (χ0n) is 7.83. The quantitative estimate of drug-likeness (QED) is 0.624. The molecule has 0 aliphatic carbocycles. The van der Waals surface area contributed by atoms with Crippen molar-refractivity contribution in [2.45, 2.75) is 18.7 Å². The van der Waals surface area contributed by atoms with Gasteiger partial charge >= 0.3 is 0 Å². The molecule has 0 bridgehead atoms. The maximum atomic E-state index is 9.42. The van der Waals surface area contributed by atoms with Crippen LogP contribution in [0.25, 0.3) is 0 Å². The minimum atomic E-state index is -0.384. The molecule has 0 spiro atoms. The van der Waals surface area contributed by atoms with Gasteiger partial charge in [-0.1, -0.05) is 5.21 Å². The first-order chi connectivity index (χ1) is 6.86. The molecule has 78 valence electrons. The SMILES string of the molecule is OC1COCC1NCCn1ccnn1. The van der Waals surface area contributed by atoms with Crippen molar-refractivity contribution in [1.82, 2.24) is 20.3 Å². The number of aliphatic hydroxyl groups excluding tert-OH is 1. The molecule has 1 saturated heterocycles. The first-order valence-electron chi connectivity index (χ1n) is 4.69. The lowest BCUT2D eigenvalue weighted by molar-refractivity contribution is 0.122. The smallest absolute Gasteiger partial charge is 0.0948 e. The highest BCUT2D eigenvalue weighted by molar-refractivity contribution is 4.80. The van der Waals surface area contributed by atoms with Gasteiger partial charge in [-0.25, -0.2) is 0 Å². The van der Waals surface area contributed by atoms with Crippen molar-refractivity contribution in [3.63, 3.8) is 0 Å². The second-order valence-electron chi connectivity index (χ2n) is 3.33. The molecule has 1 aromatic heterocycles. The number of nitrogens with zero attached hydrogens (tertiary/aromatic N) is 3. The maximum Gasteiger partial charge on any atom is 0.0948 e. The largest absolute Gasteiger partial charge is 0.389 e. The van der Waals surface area contributed by atoms with Gasteiger partial charge in [0.1, 0.15) is 0 Å². The minimum absolute atomic E-state index is 0.0542. The van der Waals surface area contributed by atoms with Crippen molar-refractivity contribution >= 4 is 0 Å². The van der Waals surface area contributed by atoms with E-state index in [0.717, 1.165) is 13.1 Å². The van der Waals surface area contributed by atoms with Gasteiger partial charge in [0.2, 0.25) is 0 Å². The molecule has 2 heterocycles. The Bertz CT molecular complexity index is 264. The summed E-state index contributed by atoms with van der Waals surface area (Å²) in [6.07, 6.45) is 3.07. The molecule has 0 saturated carbocycles. The topological polar surface area (TPSA) is 72.2 Å². The number of aliphatic hydroxyl groups is 1. The van der Waals surface area contributed by atoms with Crippen molar-refractivity contribution < 1.29 is 9.84 Å². The third-order valence-electron chi connectivity index (χ3n) is 2.27. The predicted molar refractivity (Wildman–Crippen MR) is 48.6 cm³/mol. The Hall–Kier alpha value is -0.980. The minimum Gasteiger partial charge on any atom is -0.389 e. The van der Waals surface area contributed by atoms with Crippen molar-refractivity contribution in [2.24, 2.45) is 0 Å². The highest BCUT2D eigenvalue weighted by Gasteiger charge is 2.24. The highest BCUT2D eigenvalue weighted by atomic mass is 16.5. The van der Waals surface area contributed by atoms with Gasteiger partial charge in [-0.2, -0.15) is 0 Å². The number of nitrogens with one attached hydrogen (secondary N) is 1. The Kier molecular flexibility index (Phi) is 3.07. The summed E-state index contributed by atoms with van der Waals surface area (Å²) in [6, 6.07) is 0.0542. The van der Waals surface area contributed by atoms with E-state index in [-0.39, 0.29) is 12.1 Å². The molecule has 0 aromatic carbocycles. The van der Waals surface area contributed by atoms with Gasteiger partial charge in [0.05, 0.1) is 38.1 Å². The molecule has 1 aliphatic heterocycles. The van der Waals surface area contributed by atoms with Crippen LogP contribution in [0.2, 0.25) is 0 Å². The Balaban J connectivity index is 1.68. The summed E-state index contributed by atoms with van der Waals surface area (Å²) >= 11 is 0. The van der Waals surface area contributed by atoms with Gasteiger partial charge in [0, 0.05) is 12.7 Å². The average Bonchev–Trinajstić information content (AvgIpc) is 2.78. The highest BCUT2D eigenvalue weighted by Crippen LogP contribution is 2.04. The number of rotatable bonds is 4. The van der Waals surface area contributed by atoms with Crippen LogP contribution in [0.15, 0.2) is 12.4 Å². The third kappa shape index (κ3) is 2.28. The lowest BCUT2D eigenvalue weighted by atomic mass is 10.2. The molecule has 0 amide bonds. The molecule has 2 N–H and O–H groups in total. The van der Waals surface area contributed by atoms with Gasteiger partial charge in [0.25, 0.3) is 0 Å². The number of hydrogen-bond donors (Lipinski definition) is 2. The molecule has 0 radical (unpaired) electrons. The summed E-state index contributed by atoms with van der Waals surface area (Å²) in [5.41, 5.74) is 0. The third-order valence-corrected chi connectivity index (χ3v) is 2.27. The second kappa shape index (κ2) is 4.50. The molecule has 2 rings (SSSR count). The Morgan fingerprint density at radius 1 is 1.57 bits per heavy atom. The monoisotopic (exact) mass is 198 g/mol. The van der Waals surface area contributed by atoms with E-state index in [4.69, 9.17) is 4.74 Å². The van der Waals surface area contributed by atoms with Crippen molar-refractivity contribution in [3.05, 3.63) is 12.4 Å². The van der Waals surface area contributed by atoms with Crippen LogP contribution in [0.4, 0.5) is 0 Å². The Labute approximate surface area is 81.9 Å². The first kappa shape index (κ1) is 9.57. The molecule has 1 aliphatic rings. The van der Waals surface area contributed by atoms with Crippen LogP contribution in [0.5, 0.6) is 0 Å². The van der Waals surface area contributed by atoms with Crippen molar-refractivity contribution in [3.8, 4) is 0 Å². The van der Waals surface area contributed by atoms with E-state index in [9.17, 15) is 5.11 Å². The van der Waals surface area contributed by atoms with Crippen LogP contribution in [0, 0.1) is 0 Å². The molecular formula is C8H14N4O2. The zero-order valence-corrected chi connectivity index (χ0v) is 7.83. The fourth-order valence-electron chi connectivity index (χ4n) is 1.45. The molecular weight excluding hydrogens is 184 g/mol.